The summed E-state index contributed by atoms with van der Waals surface area (Å²) in [6.45, 7) is 7.41. The maximum Gasteiger partial charge on any atom is 0.417 e. The molecule has 28 heavy (non-hydrogen) atoms. The summed E-state index contributed by atoms with van der Waals surface area (Å²) < 4.78 is 15.9. The minimum Gasteiger partial charge on any atom is -0.443 e. The Morgan fingerprint density at radius 3 is 2.50 bits per heavy atom. The van der Waals surface area contributed by atoms with Gasteiger partial charge in [0.25, 0.3) is 11.9 Å². The van der Waals surface area contributed by atoms with E-state index in [0.717, 1.165) is 11.3 Å². The van der Waals surface area contributed by atoms with Crippen molar-refractivity contribution < 1.29 is 33.8 Å². The van der Waals surface area contributed by atoms with Gasteiger partial charge in [-0.1, -0.05) is 13.8 Å². The molecule has 5 atom stereocenters. The Bertz CT molecular complexity index is 662. The molecule has 0 unspecified atom stereocenters. The van der Waals surface area contributed by atoms with Gasteiger partial charge in [0.15, 0.2) is 0 Å². The van der Waals surface area contributed by atoms with Gasteiger partial charge in [0.2, 0.25) is 12.4 Å². The predicted octanol–water partition coefficient (Wildman–Crippen LogP) is 1.32. The van der Waals surface area contributed by atoms with Crippen molar-refractivity contribution in [2.75, 3.05) is 13.2 Å². The number of nitrogens with zero attached hydrogens (tertiary/aromatic N) is 2. The Morgan fingerprint density at radius 1 is 1.39 bits per heavy atom. The second-order valence-electron chi connectivity index (χ2n) is 8.16. The first-order valence-corrected chi connectivity index (χ1v) is 9.72. The zero-order chi connectivity index (χ0) is 20.9. The Morgan fingerprint density at radius 2 is 2.00 bits per heavy atom. The van der Waals surface area contributed by atoms with E-state index in [2.05, 4.69) is 0 Å². The summed E-state index contributed by atoms with van der Waals surface area (Å²) in [5.41, 5.74) is -1.29. The molecule has 1 N–H and O–H groups in total. The van der Waals surface area contributed by atoms with Crippen molar-refractivity contribution >= 4 is 12.0 Å². The molecule has 1 saturated heterocycles. The number of rotatable bonds is 8. The molecule has 2 amide bonds. The molecular weight excluding hydrogens is 372 g/mol. The summed E-state index contributed by atoms with van der Waals surface area (Å²) in [4.78, 5) is 37.5. The minimum atomic E-state index is -2.10. The third-order valence-electron chi connectivity index (χ3n) is 6.85. The number of aliphatic hydroxyl groups is 1. The maximum atomic E-state index is 13.2. The molecule has 2 saturated carbocycles. The summed E-state index contributed by atoms with van der Waals surface area (Å²) in [5, 5.41) is 22.3. The summed E-state index contributed by atoms with van der Waals surface area (Å²) in [6, 6.07) is -1.86. The minimum absolute atomic E-state index is 0.0996. The lowest BCUT2D eigenvalue weighted by Crippen LogP contribution is -2.62. The summed E-state index contributed by atoms with van der Waals surface area (Å²) >= 11 is 0. The molecule has 0 radical (unpaired) electrons. The number of hydrogen-bond acceptors (Lipinski definition) is 8. The van der Waals surface area contributed by atoms with Gasteiger partial charge in [-0.05, 0) is 44.4 Å². The predicted molar refractivity (Wildman–Crippen MR) is 94.8 cm³/mol. The SMILES string of the molecule is CCOC(OCC)[C@H]([C@H](O)C(=O)N1C(=O)O[C@@H]2C[C@H]3CC[C@]21C3(C)C)[N+](=O)[O-]. The molecule has 1 aliphatic heterocycles. The summed E-state index contributed by atoms with van der Waals surface area (Å²) in [5.74, 6) is -0.752. The molecule has 2 aliphatic carbocycles. The highest BCUT2D eigenvalue weighted by Gasteiger charge is 2.74. The second-order valence-corrected chi connectivity index (χ2v) is 8.16. The lowest BCUT2D eigenvalue weighted by atomic mass is 9.74. The fourth-order valence-corrected chi connectivity index (χ4v) is 5.40. The molecule has 1 heterocycles. The Kier molecular flexibility index (Phi) is 5.41. The largest absolute Gasteiger partial charge is 0.443 e. The smallest absolute Gasteiger partial charge is 0.417 e. The first-order valence-electron chi connectivity index (χ1n) is 9.72. The quantitative estimate of drug-likeness (QED) is 0.367. The molecule has 0 aromatic heterocycles. The van der Waals surface area contributed by atoms with Crippen LogP contribution in [0.15, 0.2) is 0 Å². The van der Waals surface area contributed by atoms with Gasteiger partial charge in [-0.25, -0.2) is 9.69 Å². The van der Waals surface area contributed by atoms with Gasteiger partial charge < -0.3 is 19.3 Å². The molecule has 0 aromatic rings. The van der Waals surface area contributed by atoms with Crippen LogP contribution in [0.4, 0.5) is 4.79 Å². The number of aliphatic hydroxyl groups excluding tert-OH is 1. The van der Waals surface area contributed by atoms with Crippen LogP contribution in [0.3, 0.4) is 0 Å². The van der Waals surface area contributed by atoms with E-state index >= 15 is 0 Å². The fraction of sp³-hybridized carbons (Fsp3) is 0.889. The van der Waals surface area contributed by atoms with Crippen molar-refractivity contribution in [2.45, 2.75) is 77.0 Å². The van der Waals surface area contributed by atoms with E-state index in [1.54, 1.807) is 13.8 Å². The molecule has 10 heteroatoms. The molecule has 3 rings (SSSR count). The number of hydrogen-bond donors (Lipinski definition) is 1. The van der Waals surface area contributed by atoms with Crippen LogP contribution < -0.4 is 0 Å². The second kappa shape index (κ2) is 7.23. The van der Waals surface area contributed by atoms with E-state index in [1.165, 1.54) is 0 Å². The molecular formula is C18H28N2O8. The van der Waals surface area contributed by atoms with Gasteiger partial charge in [0, 0.05) is 18.1 Å². The van der Waals surface area contributed by atoms with Crippen molar-refractivity contribution in [1.82, 2.24) is 4.90 Å². The van der Waals surface area contributed by atoms with Crippen molar-refractivity contribution in [3.63, 3.8) is 0 Å². The van der Waals surface area contributed by atoms with E-state index < -0.39 is 52.4 Å². The van der Waals surface area contributed by atoms with E-state index in [4.69, 9.17) is 14.2 Å². The van der Waals surface area contributed by atoms with Gasteiger partial charge in [-0.15, -0.1) is 0 Å². The van der Waals surface area contributed by atoms with Crippen LogP contribution in [0.1, 0.15) is 47.0 Å². The average Bonchev–Trinajstić information content (AvgIpc) is 3.13. The first kappa shape index (κ1) is 20.9. The monoisotopic (exact) mass is 400 g/mol. The Balaban J connectivity index is 1.93. The standard InChI is InChI=1S/C18H28N2O8/c1-5-26-15(27-6-2)12(20(24)25)13(21)14(22)19-16(23)28-11-9-10-7-8-18(11,19)17(10,3)4/h10-13,15,21H,5-9H2,1-4H3/t10-,11-,12+,13+,18-/m1/s1. The highest BCUT2D eigenvalue weighted by atomic mass is 16.7. The van der Waals surface area contributed by atoms with Gasteiger partial charge in [-0.2, -0.15) is 0 Å². The van der Waals surface area contributed by atoms with Crippen LogP contribution in [0.2, 0.25) is 0 Å². The third-order valence-corrected chi connectivity index (χ3v) is 6.85. The normalized spacial score (nSPS) is 32.4. The molecule has 158 valence electrons. The molecule has 3 fully saturated rings. The van der Waals surface area contributed by atoms with E-state index in [1.807, 2.05) is 13.8 Å². The topological polar surface area (TPSA) is 128 Å². The van der Waals surface area contributed by atoms with Crippen LogP contribution in [-0.4, -0.2) is 70.2 Å². The Hall–Kier alpha value is -1.78. The number of imide groups is 1. The number of carbonyl (C=O) groups excluding carboxylic acids is 2. The summed E-state index contributed by atoms with van der Waals surface area (Å²) in [7, 11) is 0. The van der Waals surface area contributed by atoms with E-state index in [-0.39, 0.29) is 19.1 Å². The van der Waals surface area contributed by atoms with Gasteiger partial charge in [0.05, 0.1) is 5.54 Å². The first-order chi connectivity index (χ1) is 13.1. The van der Waals surface area contributed by atoms with Gasteiger partial charge in [-0.3, -0.25) is 14.9 Å². The third kappa shape index (κ3) is 2.73. The number of fused-ring (bicyclic) bond motifs is 1. The van der Waals surface area contributed by atoms with Gasteiger partial charge in [0.1, 0.15) is 6.10 Å². The van der Waals surface area contributed by atoms with Crippen molar-refractivity contribution in [3.05, 3.63) is 10.1 Å². The lowest BCUT2D eigenvalue weighted by molar-refractivity contribution is -0.558. The maximum absolute atomic E-state index is 13.2. The molecule has 10 nitrogen and oxygen atoms in total. The zero-order valence-electron chi connectivity index (χ0n) is 16.6. The van der Waals surface area contributed by atoms with Crippen molar-refractivity contribution in [2.24, 2.45) is 11.3 Å². The lowest BCUT2D eigenvalue weighted by Gasteiger charge is -2.42. The number of carbonyl (C=O) groups is 2. The zero-order valence-corrected chi connectivity index (χ0v) is 16.6. The van der Waals surface area contributed by atoms with Crippen LogP contribution in [0.5, 0.6) is 0 Å². The number of ether oxygens (including phenoxy) is 3. The average molecular weight is 400 g/mol. The Labute approximate surface area is 163 Å². The molecule has 3 aliphatic rings. The number of amides is 2. The van der Waals surface area contributed by atoms with Gasteiger partial charge >= 0.3 is 6.09 Å². The molecule has 1 spiro atoms. The molecule has 0 aromatic carbocycles. The van der Waals surface area contributed by atoms with E-state index in [0.29, 0.717) is 12.8 Å². The van der Waals surface area contributed by atoms with Crippen LogP contribution in [0, 0.1) is 21.4 Å². The fourth-order valence-electron chi connectivity index (χ4n) is 5.40. The van der Waals surface area contributed by atoms with Crippen molar-refractivity contribution in [3.8, 4) is 0 Å². The van der Waals surface area contributed by atoms with Crippen LogP contribution >= 0.6 is 0 Å². The van der Waals surface area contributed by atoms with Crippen molar-refractivity contribution in [1.29, 1.82) is 0 Å². The van der Waals surface area contributed by atoms with Crippen LogP contribution in [0.25, 0.3) is 0 Å². The van der Waals surface area contributed by atoms with E-state index in [9.17, 15) is 24.8 Å². The summed E-state index contributed by atoms with van der Waals surface area (Å²) in [6.07, 6.45) is -2.78. The highest BCUT2D eigenvalue weighted by Crippen LogP contribution is 2.65. The highest BCUT2D eigenvalue weighted by molar-refractivity contribution is 5.97. The number of nitro groups is 1. The molecule has 2 bridgehead atoms. The van der Waals surface area contributed by atoms with Crippen LogP contribution in [-0.2, 0) is 19.0 Å².